The third kappa shape index (κ3) is 5.48. The number of thiophene rings is 1. The maximum absolute atomic E-state index is 12.6. The van der Waals surface area contributed by atoms with Gasteiger partial charge in [0.25, 0.3) is 0 Å². The van der Waals surface area contributed by atoms with E-state index in [4.69, 9.17) is 15.5 Å². The van der Waals surface area contributed by atoms with E-state index in [9.17, 15) is 4.79 Å². The highest BCUT2D eigenvalue weighted by Crippen LogP contribution is 2.55. The first kappa shape index (κ1) is 25.7. The normalized spacial score (nSPS) is 16.5. The van der Waals surface area contributed by atoms with E-state index in [1.54, 1.807) is 18.4 Å². The Morgan fingerprint density at radius 2 is 1.69 bits per heavy atom. The zero-order chi connectivity index (χ0) is 26.8. The van der Waals surface area contributed by atoms with Gasteiger partial charge in [-0.1, -0.05) is 72.4 Å². The minimum absolute atomic E-state index is 0.135. The molecule has 1 aliphatic heterocycles. The fourth-order valence-corrected chi connectivity index (χ4v) is 8.47. The maximum atomic E-state index is 12.6. The van der Waals surface area contributed by atoms with Gasteiger partial charge in [-0.3, -0.25) is 4.79 Å². The van der Waals surface area contributed by atoms with Gasteiger partial charge < -0.3 is 15.8 Å². The number of hydrogen-bond acceptors (Lipinski definition) is 8. The first-order valence-electron chi connectivity index (χ1n) is 12.5. The van der Waals surface area contributed by atoms with Crippen LogP contribution in [0.3, 0.4) is 0 Å². The van der Waals surface area contributed by atoms with Crippen molar-refractivity contribution in [2.24, 2.45) is 0 Å². The van der Waals surface area contributed by atoms with Crippen LogP contribution in [0.15, 0.2) is 90.1 Å². The van der Waals surface area contributed by atoms with Crippen LogP contribution in [-0.2, 0) is 11.2 Å². The molecule has 2 aromatic heterocycles. The second-order valence-electron chi connectivity index (χ2n) is 9.11. The molecule has 3 N–H and O–H groups in total. The van der Waals surface area contributed by atoms with Crippen LogP contribution in [-0.4, -0.2) is 28.7 Å². The van der Waals surface area contributed by atoms with Crippen molar-refractivity contribution in [3.8, 4) is 5.75 Å². The van der Waals surface area contributed by atoms with Crippen molar-refractivity contribution in [2.45, 2.75) is 22.1 Å². The van der Waals surface area contributed by atoms with Gasteiger partial charge in [0.15, 0.2) is 5.16 Å². The Kier molecular flexibility index (Phi) is 7.45. The lowest BCUT2D eigenvalue weighted by Gasteiger charge is -2.30. The number of amides is 1. The van der Waals surface area contributed by atoms with E-state index in [1.165, 1.54) is 33.3 Å². The summed E-state index contributed by atoms with van der Waals surface area (Å²) in [7, 11) is 1.61. The molecule has 6 rings (SSSR count). The molecule has 39 heavy (non-hydrogen) atoms. The van der Waals surface area contributed by atoms with E-state index in [0.717, 1.165) is 22.4 Å². The lowest BCUT2D eigenvalue weighted by atomic mass is 9.98. The third-order valence-electron chi connectivity index (χ3n) is 6.60. The Morgan fingerprint density at radius 1 is 1.00 bits per heavy atom. The molecular weight excluding hydrogens is 545 g/mol. The quantitative estimate of drug-likeness (QED) is 0.159. The molecular formula is C30H26N4O2S3. The Labute approximate surface area is 239 Å². The molecule has 6 nitrogen and oxygen atoms in total. The summed E-state index contributed by atoms with van der Waals surface area (Å²) in [5, 5.41) is 4.84. The smallest absolute Gasteiger partial charge is 0.234 e. The number of fused-ring (bicyclic) bond motifs is 3. The number of aromatic nitrogens is 2. The highest BCUT2D eigenvalue weighted by Gasteiger charge is 2.34. The minimum atomic E-state index is -0.135. The number of nitrogens with zero attached hydrogens (tertiary/aromatic N) is 2. The number of methoxy groups -OCH3 is 1. The number of rotatable bonds is 7. The Morgan fingerprint density at radius 3 is 2.38 bits per heavy atom. The third-order valence-corrected chi connectivity index (χ3v) is 10.3. The van der Waals surface area contributed by atoms with Crippen LogP contribution in [0.5, 0.6) is 5.75 Å². The zero-order valence-corrected chi connectivity index (χ0v) is 23.6. The van der Waals surface area contributed by atoms with Gasteiger partial charge in [-0.15, -0.1) is 23.1 Å². The molecule has 0 aliphatic carbocycles. The van der Waals surface area contributed by atoms with Gasteiger partial charge in [-0.05, 0) is 47.4 Å². The molecule has 1 amide bonds. The predicted octanol–water partition coefficient (Wildman–Crippen LogP) is 7.13. The largest absolute Gasteiger partial charge is 0.497 e. The standard InChI is InChI=1S/C30H26N4O2S3/c1-36-21-14-12-20(13-15-21)32-24(35)17-37-30-33-28(31)25-22-16-23(18-8-4-2-5-9-18)38-26(19-10-6-3-7-11-19)27(22)39-29(25)34-30/h2-15,23,26H,16-17H2,1H3,(H,32,35)(H2,31,33,34)/t23-,26-/m1/s1. The summed E-state index contributed by atoms with van der Waals surface area (Å²) in [6.07, 6.45) is 0.873. The molecule has 0 fully saturated rings. The number of carbonyl (C=O) groups is 1. The summed E-state index contributed by atoms with van der Waals surface area (Å²) in [5.41, 5.74) is 11.1. The maximum Gasteiger partial charge on any atom is 0.234 e. The monoisotopic (exact) mass is 570 g/mol. The molecule has 196 valence electrons. The van der Waals surface area contributed by atoms with Gasteiger partial charge in [-0.2, -0.15) is 0 Å². The minimum Gasteiger partial charge on any atom is -0.497 e. The van der Waals surface area contributed by atoms with Gasteiger partial charge in [-0.25, -0.2) is 9.97 Å². The molecule has 0 bridgehead atoms. The molecule has 3 aromatic carbocycles. The summed E-state index contributed by atoms with van der Waals surface area (Å²) in [5.74, 6) is 1.26. The Hall–Kier alpha value is -3.53. The van der Waals surface area contributed by atoms with Crippen molar-refractivity contribution in [1.82, 2.24) is 9.97 Å². The first-order chi connectivity index (χ1) is 19.1. The first-order valence-corrected chi connectivity index (χ1v) is 15.2. The average molecular weight is 571 g/mol. The molecule has 2 atom stereocenters. The van der Waals surface area contributed by atoms with Crippen LogP contribution in [0.25, 0.3) is 10.2 Å². The molecule has 1 aliphatic rings. The van der Waals surface area contributed by atoms with E-state index in [1.807, 2.05) is 36.0 Å². The molecule has 3 heterocycles. The number of nitrogens with one attached hydrogen (secondary N) is 1. The number of thioether (sulfide) groups is 2. The number of ether oxygens (including phenoxy) is 1. The fourth-order valence-electron chi connectivity index (χ4n) is 4.74. The van der Waals surface area contributed by atoms with Crippen molar-refractivity contribution < 1.29 is 9.53 Å². The fraction of sp³-hybridized carbons (Fsp3) is 0.167. The summed E-state index contributed by atoms with van der Waals surface area (Å²) >= 11 is 4.96. The molecule has 0 spiro atoms. The van der Waals surface area contributed by atoms with Crippen molar-refractivity contribution in [3.05, 3.63) is 106 Å². The van der Waals surface area contributed by atoms with Crippen LogP contribution < -0.4 is 15.8 Å². The van der Waals surface area contributed by atoms with Crippen molar-refractivity contribution in [1.29, 1.82) is 0 Å². The van der Waals surface area contributed by atoms with Crippen molar-refractivity contribution in [3.63, 3.8) is 0 Å². The van der Waals surface area contributed by atoms with E-state index in [-0.39, 0.29) is 16.9 Å². The summed E-state index contributed by atoms with van der Waals surface area (Å²) in [4.78, 5) is 24.2. The van der Waals surface area contributed by atoms with Gasteiger partial charge in [0, 0.05) is 15.8 Å². The van der Waals surface area contributed by atoms with E-state index >= 15 is 0 Å². The number of benzene rings is 3. The Balaban J connectivity index is 1.28. The van der Waals surface area contributed by atoms with Crippen LogP contribution in [0.2, 0.25) is 0 Å². The van der Waals surface area contributed by atoms with Gasteiger partial charge in [0.1, 0.15) is 16.4 Å². The van der Waals surface area contributed by atoms with Crippen LogP contribution in [0.1, 0.15) is 32.1 Å². The molecule has 0 saturated heterocycles. The number of hydrogen-bond donors (Lipinski definition) is 2. The summed E-state index contributed by atoms with van der Waals surface area (Å²) in [6.45, 7) is 0. The number of nitrogen functional groups attached to an aromatic ring is 1. The van der Waals surface area contributed by atoms with Crippen LogP contribution >= 0.6 is 34.9 Å². The lowest BCUT2D eigenvalue weighted by Crippen LogP contribution is -2.14. The predicted molar refractivity (Wildman–Crippen MR) is 163 cm³/mol. The molecule has 9 heteroatoms. The number of nitrogens with two attached hydrogens (primary N) is 1. The van der Waals surface area contributed by atoms with Gasteiger partial charge in [0.2, 0.25) is 5.91 Å². The van der Waals surface area contributed by atoms with E-state index < -0.39 is 0 Å². The average Bonchev–Trinajstić information content (AvgIpc) is 3.36. The highest BCUT2D eigenvalue weighted by atomic mass is 32.2. The van der Waals surface area contributed by atoms with E-state index in [0.29, 0.717) is 21.9 Å². The second kappa shape index (κ2) is 11.3. The second-order valence-corrected chi connectivity index (χ2v) is 12.4. The van der Waals surface area contributed by atoms with Gasteiger partial charge >= 0.3 is 0 Å². The van der Waals surface area contributed by atoms with E-state index in [2.05, 4.69) is 71.0 Å². The zero-order valence-electron chi connectivity index (χ0n) is 21.2. The van der Waals surface area contributed by atoms with Crippen molar-refractivity contribution in [2.75, 3.05) is 23.9 Å². The molecule has 0 saturated carbocycles. The molecule has 0 radical (unpaired) electrons. The SMILES string of the molecule is COc1ccc(NC(=O)CSc2nc(N)c3c4c(sc3n2)[C@@H](c2ccccc2)S[C@@H](c2ccccc2)C4)cc1. The summed E-state index contributed by atoms with van der Waals surface area (Å²) < 4.78 is 5.17. The topological polar surface area (TPSA) is 90.1 Å². The lowest BCUT2D eigenvalue weighted by molar-refractivity contribution is -0.113. The number of carbonyl (C=O) groups excluding carboxylic acids is 1. The van der Waals surface area contributed by atoms with Crippen LogP contribution in [0, 0.1) is 0 Å². The highest BCUT2D eigenvalue weighted by molar-refractivity contribution is 8.00. The van der Waals surface area contributed by atoms with Crippen LogP contribution in [0.4, 0.5) is 11.5 Å². The number of anilines is 2. The molecule has 5 aromatic rings. The van der Waals surface area contributed by atoms with Gasteiger partial charge in [0.05, 0.1) is 23.5 Å². The Bertz CT molecular complexity index is 1610. The summed E-state index contributed by atoms with van der Waals surface area (Å²) in [6, 6.07) is 28.5. The molecule has 0 unspecified atom stereocenters. The van der Waals surface area contributed by atoms with Crippen molar-refractivity contribution >= 4 is 62.5 Å².